The molecule has 1 aliphatic heterocycles. The minimum Gasteiger partial charge on any atom is -0.468 e. The second kappa shape index (κ2) is 9.17. The molecule has 0 bridgehead atoms. The second-order valence-corrected chi connectivity index (χ2v) is 7.52. The number of hydrogen-bond acceptors (Lipinski definition) is 5. The van der Waals surface area contributed by atoms with E-state index in [-0.39, 0.29) is 11.8 Å². The number of thiophene rings is 1. The molecule has 0 aromatic carbocycles. The topological polar surface area (TPSA) is 45.9 Å². The minimum absolute atomic E-state index is 0.0560. The van der Waals surface area contributed by atoms with Gasteiger partial charge in [0.05, 0.1) is 31.9 Å². The number of nitrogens with zero attached hydrogens (tertiary/aromatic N) is 2. The molecule has 0 saturated carbocycles. The van der Waals surface area contributed by atoms with Crippen molar-refractivity contribution in [2.24, 2.45) is 5.92 Å². The summed E-state index contributed by atoms with van der Waals surface area (Å²) in [6, 6.07) is 8.02. The predicted molar refractivity (Wildman–Crippen MR) is 98.3 cm³/mol. The van der Waals surface area contributed by atoms with Crippen LogP contribution >= 0.6 is 11.3 Å². The van der Waals surface area contributed by atoms with Gasteiger partial charge < -0.3 is 14.1 Å². The van der Waals surface area contributed by atoms with Crippen LogP contribution in [0.5, 0.6) is 0 Å². The van der Waals surface area contributed by atoms with Crippen molar-refractivity contribution in [2.75, 3.05) is 33.4 Å². The quantitative estimate of drug-likeness (QED) is 0.723. The molecule has 0 N–H and O–H groups in total. The van der Waals surface area contributed by atoms with E-state index in [1.54, 1.807) is 24.7 Å². The third-order valence-corrected chi connectivity index (χ3v) is 5.48. The number of carbonyl (C=O) groups is 1. The summed E-state index contributed by atoms with van der Waals surface area (Å²) >= 11 is 1.69. The van der Waals surface area contributed by atoms with Crippen molar-refractivity contribution in [3.05, 3.63) is 46.5 Å². The van der Waals surface area contributed by atoms with E-state index in [0.717, 1.165) is 38.2 Å². The Morgan fingerprint density at radius 2 is 2.36 bits per heavy atom. The highest BCUT2D eigenvalue weighted by Gasteiger charge is 2.29. The van der Waals surface area contributed by atoms with Crippen molar-refractivity contribution in [1.82, 2.24) is 9.80 Å². The summed E-state index contributed by atoms with van der Waals surface area (Å²) in [7, 11) is 1.68. The van der Waals surface area contributed by atoms with Crippen LogP contribution in [0.4, 0.5) is 0 Å². The highest BCUT2D eigenvalue weighted by Crippen LogP contribution is 2.22. The molecule has 1 fully saturated rings. The van der Waals surface area contributed by atoms with Crippen molar-refractivity contribution >= 4 is 17.2 Å². The number of piperidine rings is 1. The second-order valence-electron chi connectivity index (χ2n) is 6.49. The number of amides is 1. The molecule has 1 amide bonds. The standard InChI is InChI=1S/C19H26N2O3S/c1-23-11-9-21(15-18-7-4-12-25-18)19(22)16-5-2-8-20(13-16)14-17-6-3-10-24-17/h3-4,6-7,10,12,16H,2,5,8-9,11,13-15H2,1H3/t16-/m0/s1. The van der Waals surface area contributed by atoms with Gasteiger partial charge in [-0.2, -0.15) is 0 Å². The average molecular weight is 362 g/mol. The van der Waals surface area contributed by atoms with E-state index in [1.807, 2.05) is 23.1 Å². The fourth-order valence-corrected chi connectivity index (χ4v) is 4.06. The number of carbonyl (C=O) groups excluding carboxylic acids is 1. The average Bonchev–Trinajstić information content (AvgIpc) is 3.32. The van der Waals surface area contributed by atoms with Gasteiger partial charge >= 0.3 is 0 Å². The minimum atomic E-state index is 0.0560. The van der Waals surface area contributed by atoms with Crippen LogP contribution < -0.4 is 0 Å². The maximum atomic E-state index is 13.1. The molecule has 1 saturated heterocycles. The molecule has 0 aliphatic carbocycles. The first-order valence-corrected chi connectivity index (χ1v) is 9.69. The van der Waals surface area contributed by atoms with Crippen molar-refractivity contribution < 1.29 is 13.9 Å². The SMILES string of the molecule is COCCN(Cc1cccs1)C(=O)[C@H]1CCCN(Cc2ccco2)C1. The van der Waals surface area contributed by atoms with Gasteiger partial charge in [-0.15, -0.1) is 11.3 Å². The van der Waals surface area contributed by atoms with E-state index in [2.05, 4.69) is 16.3 Å². The lowest BCUT2D eigenvalue weighted by atomic mass is 9.96. The fraction of sp³-hybridized carbons (Fsp3) is 0.526. The van der Waals surface area contributed by atoms with Crippen LogP contribution in [-0.2, 0) is 22.6 Å². The summed E-state index contributed by atoms with van der Waals surface area (Å²) < 4.78 is 10.7. The lowest BCUT2D eigenvalue weighted by Crippen LogP contribution is -2.45. The van der Waals surface area contributed by atoms with Gasteiger partial charge in [0.1, 0.15) is 5.76 Å². The van der Waals surface area contributed by atoms with Crippen LogP contribution in [0.3, 0.4) is 0 Å². The van der Waals surface area contributed by atoms with E-state index in [1.165, 1.54) is 4.88 Å². The molecule has 6 heteroatoms. The van der Waals surface area contributed by atoms with Crippen LogP contribution in [0.25, 0.3) is 0 Å². The summed E-state index contributed by atoms with van der Waals surface area (Å²) in [5, 5.41) is 2.06. The summed E-state index contributed by atoms with van der Waals surface area (Å²) in [6.07, 6.45) is 3.71. The van der Waals surface area contributed by atoms with Gasteiger partial charge in [-0.1, -0.05) is 6.07 Å². The molecule has 5 nitrogen and oxygen atoms in total. The number of furan rings is 1. The van der Waals surface area contributed by atoms with Gasteiger partial charge in [-0.3, -0.25) is 9.69 Å². The summed E-state index contributed by atoms with van der Waals surface area (Å²) in [5.74, 6) is 1.26. The molecule has 1 atom stereocenters. The molecule has 2 aromatic rings. The lowest BCUT2D eigenvalue weighted by molar-refractivity contribution is -0.138. The first-order valence-electron chi connectivity index (χ1n) is 8.81. The number of ether oxygens (including phenoxy) is 1. The molecule has 136 valence electrons. The Kier molecular flexibility index (Phi) is 6.67. The van der Waals surface area contributed by atoms with Gasteiger partial charge in [0.2, 0.25) is 5.91 Å². The zero-order valence-corrected chi connectivity index (χ0v) is 15.5. The first-order chi connectivity index (χ1) is 12.3. The Hall–Kier alpha value is -1.63. The van der Waals surface area contributed by atoms with Gasteiger partial charge in [-0.25, -0.2) is 0 Å². The van der Waals surface area contributed by atoms with Crippen molar-refractivity contribution in [1.29, 1.82) is 0 Å². The van der Waals surface area contributed by atoms with Gasteiger partial charge in [0.25, 0.3) is 0 Å². The molecular weight excluding hydrogens is 336 g/mol. The molecule has 0 spiro atoms. The molecule has 25 heavy (non-hydrogen) atoms. The maximum Gasteiger partial charge on any atom is 0.227 e. The van der Waals surface area contributed by atoms with Crippen molar-refractivity contribution in [3.8, 4) is 0 Å². The van der Waals surface area contributed by atoms with Gasteiger partial charge in [-0.05, 0) is 43.0 Å². The van der Waals surface area contributed by atoms with Crippen LogP contribution in [-0.4, -0.2) is 49.1 Å². The Balaban J connectivity index is 1.61. The summed E-state index contributed by atoms with van der Waals surface area (Å²) in [5.41, 5.74) is 0. The lowest BCUT2D eigenvalue weighted by Gasteiger charge is -2.34. The number of methoxy groups -OCH3 is 1. The monoisotopic (exact) mass is 362 g/mol. The Morgan fingerprint density at radius 1 is 1.44 bits per heavy atom. The van der Waals surface area contributed by atoms with Crippen molar-refractivity contribution in [3.63, 3.8) is 0 Å². The number of hydrogen-bond donors (Lipinski definition) is 0. The normalized spacial score (nSPS) is 18.4. The van der Waals surface area contributed by atoms with E-state index < -0.39 is 0 Å². The Bertz CT molecular complexity index is 627. The fourth-order valence-electron chi connectivity index (χ4n) is 3.34. The first kappa shape index (κ1) is 18.2. The molecular formula is C19H26N2O3S. The smallest absolute Gasteiger partial charge is 0.227 e. The van der Waals surface area contributed by atoms with Gasteiger partial charge in [0.15, 0.2) is 0 Å². The summed E-state index contributed by atoms with van der Waals surface area (Å²) in [4.78, 5) is 18.6. The van der Waals surface area contributed by atoms with Crippen LogP contribution in [0, 0.1) is 5.92 Å². The van der Waals surface area contributed by atoms with Crippen LogP contribution in [0.2, 0.25) is 0 Å². The largest absolute Gasteiger partial charge is 0.468 e. The maximum absolute atomic E-state index is 13.1. The third-order valence-electron chi connectivity index (χ3n) is 4.62. The molecule has 0 radical (unpaired) electrons. The summed E-state index contributed by atoms with van der Waals surface area (Å²) in [6.45, 7) is 4.48. The number of likely N-dealkylation sites (tertiary alicyclic amines) is 1. The number of rotatable bonds is 8. The predicted octanol–water partition coefficient (Wildman–Crippen LogP) is 3.23. The van der Waals surface area contributed by atoms with Gasteiger partial charge in [0, 0.05) is 25.1 Å². The highest BCUT2D eigenvalue weighted by molar-refractivity contribution is 7.09. The Labute approximate surface area is 153 Å². The zero-order valence-electron chi connectivity index (χ0n) is 14.7. The third kappa shape index (κ3) is 5.17. The zero-order chi connectivity index (χ0) is 17.5. The molecule has 2 aromatic heterocycles. The molecule has 1 aliphatic rings. The van der Waals surface area contributed by atoms with E-state index in [9.17, 15) is 4.79 Å². The van der Waals surface area contributed by atoms with Crippen LogP contribution in [0.15, 0.2) is 40.3 Å². The highest BCUT2D eigenvalue weighted by atomic mass is 32.1. The molecule has 3 rings (SSSR count). The Morgan fingerprint density at radius 3 is 3.08 bits per heavy atom. The van der Waals surface area contributed by atoms with E-state index >= 15 is 0 Å². The molecule has 3 heterocycles. The van der Waals surface area contributed by atoms with Crippen LogP contribution in [0.1, 0.15) is 23.5 Å². The van der Waals surface area contributed by atoms with E-state index in [4.69, 9.17) is 9.15 Å². The van der Waals surface area contributed by atoms with E-state index in [0.29, 0.717) is 19.7 Å². The van der Waals surface area contributed by atoms with Crippen molar-refractivity contribution in [2.45, 2.75) is 25.9 Å². The molecule has 0 unspecified atom stereocenters.